The highest BCUT2D eigenvalue weighted by Crippen LogP contribution is 2.50. The van der Waals surface area contributed by atoms with E-state index in [1.165, 1.54) is 67.0 Å². The predicted molar refractivity (Wildman–Crippen MR) is 189 cm³/mol. The fourth-order valence-electron chi connectivity index (χ4n) is 7.13. The highest BCUT2D eigenvalue weighted by atomic mass is 32.2. The van der Waals surface area contributed by atoms with E-state index in [0.29, 0.717) is 5.92 Å². The second-order valence-corrected chi connectivity index (χ2v) is 13.5. The zero-order valence-electron chi connectivity index (χ0n) is 27.3. The van der Waals surface area contributed by atoms with E-state index in [1.54, 1.807) is 11.9 Å². The van der Waals surface area contributed by atoms with Gasteiger partial charge in [0.15, 0.2) is 0 Å². The van der Waals surface area contributed by atoms with Gasteiger partial charge in [-0.3, -0.25) is 4.79 Å². The Labute approximate surface area is 268 Å². The van der Waals surface area contributed by atoms with Crippen molar-refractivity contribution in [1.82, 2.24) is 4.90 Å². The van der Waals surface area contributed by atoms with Gasteiger partial charge in [-0.1, -0.05) is 80.7 Å². The molecular formula is C39H45N3OS. The minimum absolute atomic E-state index is 0.134. The largest absolute Gasteiger partial charge is 0.368 e. The lowest BCUT2D eigenvalue weighted by atomic mass is 9.80. The van der Waals surface area contributed by atoms with Gasteiger partial charge in [0.25, 0.3) is 5.91 Å². The third-order valence-corrected chi connectivity index (χ3v) is 10.4. The third kappa shape index (κ3) is 5.40. The first kappa shape index (κ1) is 30.3. The Hall–Kier alpha value is -3.70. The summed E-state index contributed by atoms with van der Waals surface area (Å²) in [5.41, 5.74) is 16.4. The molecule has 1 amide bonds. The fraction of sp³-hybridized carbons (Fsp3) is 0.359. The summed E-state index contributed by atoms with van der Waals surface area (Å²) >= 11 is 1.78. The van der Waals surface area contributed by atoms with Crippen LogP contribution >= 0.6 is 11.9 Å². The van der Waals surface area contributed by atoms with E-state index in [9.17, 15) is 4.79 Å². The fourth-order valence-corrected chi connectivity index (χ4v) is 7.81. The van der Waals surface area contributed by atoms with Gasteiger partial charge in [-0.15, -0.1) is 0 Å². The van der Waals surface area contributed by atoms with Crippen LogP contribution < -0.4 is 9.21 Å². The van der Waals surface area contributed by atoms with E-state index < -0.39 is 0 Å². The number of carbonyl (C=O) groups excluding carboxylic acids is 1. The van der Waals surface area contributed by atoms with Crippen molar-refractivity contribution in [1.29, 1.82) is 0 Å². The van der Waals surface area contributed by atoms with Crippen LogP contribution in [0.3, 0.4) is 0 Å². The van der Waals surface area contributed by atoms with Crippen LogP contribution in [-0.2, 0) is 13.0 Å². The van der Waals surface area contributed by atoms with E-state index in [4.69, 9.17) is 0 Å². The zero-order chi connectivity index (χ0) is 31.1. The van der Waals surface area contributed by atoms with Gasteiger partial charge in [-0.25, -0.2) is 0 Å². The lowest BCUT2D eigenvalue weighted by Crippen LogP contribution is -2.48. The summed E-state index contributed by atoms with van der Waals surface area (Å²) in [6.45, 7) is 17.4. The SMILES string of the molecule is CCc1c(C)c2c(c(C)c1-c1ccc(C)cc1)-c1cc(C(=O)N3CCN(c4ccc(C(C)C)cc4)CC3)ccc1CN2SC. The molecular weight excluding hydrogens is 559 g/mol. The van der Waals surface area contributed by atoms with Crippen LogP contribution in [-0.4, -0.2) is 43.2 Å². The first-order valence-electron chi connectivity index (χ1n) is 16.0. The molecule has 0 aromatic heterocycles. The third-order valence-electron chi connectivity index (χ3n) is 9.69. The molecule has 44 heavy (non-hydrogen) atoms. The summed E-state index contributed by atoms with van der Waals surface area (Å²) in [7, 11) is 0. The second-order valence-electron chi connectivity index (χ2n) is 12.7. The van der Waals surface area contributed by atoms with E-state index in [0.717, 1.165) is 44.7 Å². The molecule has 4 aromatic carbocycles. The summed E-state index contributed by atoms with van der Waals surface area (Å²) in [4.78, 5) is 18.4. The van der Waals surface area contributed by atoms with Crippen LogP contribution in [0.4, 0.5) is 11.4 Å². The van der Waals surface area contributed by atoms with Crippen molar-refractivity contribution >= 4 is 29.2 Å². The average molecular weight is 604 g/mol. The van der Waals surface area contributed by atoms with Crippen LogP contribution in [0.2, 0.25) is 0 Å². The van der Waals surface area contributed by atoms with Crippen LogP contribution in [0, 0.1) is 20.8 Å². The van der Waals surface area contributed by atoms with Gasteiger partial charge in [0, 0.05) is 49.2 Å². The van der Waals surface area contributed by atoms with E-state index in [2.05, 4.69) is 118 Å². The maximum atomic E-state index is 13.9. The molecule has 0 spiro atoms. The number of rotatable bonds is 6. The smallest absolute Gasteiger partial charge is 0.253 e. The van der Waals surface area contributed by atoms with Crippen molar-refractivity contribution in [3.63, 3.8) is 0 Å². The van der Waals surface area contributed by atoms with Gasteiger partial charge in [-0.2, -0.15) is 0 Å². The molecule has 5 heteroatoms. The molecule has 0 radical (unpaired) electrons. The molecule has 6 rings (SSSR count). The molecule has 228 valence electrons. The standard InChI is InChI=1S/C39H45N3OS/c1-8-34-27(5)38-37(28(6)36(34)30-11-9-26(4)10-12-30)35-23-31(13-14-32(35)24-42(38)44-7)39(43)41-21-19-40(20-22-41)33-17-15-29(16-18-33)25(2)3/h9-18,23,25H,8,19-22,24H2,1-7H3. The van der Waals surface area contributed by atoms with E-state index >= 15 is 0 Å². The Bertz CT molecular complexity index is 1680. The van der Waals surface area contributed by atoms with Crippen LogP contribution in [0.5, 0.6) is 0 Å². The Kier molecular flexibility index (Phi) is 8.52. The molecule has 0 N–H and O–H groups in total. The molecule has 1 saturated heterocycles. The molecule has 2 heterocycles. The summed E-state index contributed by atoms with van der Waals surface area (Å²) in [6, 6.07) is 24.3. The molecule has 1 fully saturated rings. The Morgan fingerprint density at radius 1 is 0.841 bits per heavy atom. The van der Waals surface area contributed by atoms with Gasteiger partial charge in [0.2, 0.25) is 0 Å². The zero-order valence-corrected chi connectivity index (χ0v) is 28.1. The molecule has 0 bridgehead atoms. The van der Waals surface area contributed by atoms with Crippen molar-refractivity contribution in [2.24, 2.45) is 0 Å². The Morgan fingerprint density at radius 3 is 2.14 bits per heavy atom. The first-order chi connectivity index (χ1) is 21.2. The van der Waals surface area contributed by atoms with Crippen molar-refractivity contribution in [3.8, 4) is 22.3 Å². The van der Waals surface area contributed by atoms with Gasteiger partial charge < -0.3 is 14.1 Å². The maximum Gasteiger partial charge on any atom is 0.253 e. The monoisotopic (exact) mass is 603 g/mol. The molecule has 0 saturated carbocycles. The lowest BCUT2D eigenvalue weighted by molar-refractivity contribution is 0.0747. The number of anilines is 2. The van der Waals surface area contributed by atoms with E-state index in [1.807, 2.05) is 11.0 Å². The highest BCUT2D eigenvalue weighted by molar-refractivity contribution is 7.99. The molecule has 4 aromatic rings. The number of aryl methyl sites for hydroxylation is 1. The quantitative estimate of drug-likeness (QED) is 0.205. The summed E-state index contributed by atoms with van der Waals surface area (Å²) in [5.74, 6) is 0.663. The van der Waals surface area contributed by atoms with Crippen LogP contribution in [0.15, 0.2) is 66.7 Å². The number of hydrogen-bond donors (Lipinski definition) is 0. The molecule has 2 aliphatic heterocycles. The molecule has 0 aliphatic carbocycles. The Balaban J connectivity index is 1.33. The number of carbonyl (C=O) groups is 1. The van der Waals surface area contributed by atoms with Gasteiger partial charge >= 0.3 is 0 Å². The van der Waals surface area contributed by atoms with Crippen LogP contribution in [0.25, 0.3) is 22.3 Å². The summed E-state index contributed by atoms with van der Waals surface area (Å²) in [6.07, 6.45) is 3.14. The van der Waals surface area contributed by atoms with Crippen molar-refractivity contribution in [3.05, 3.63) is 106 Å². The summed E-state index contributed by atoms with van der Waals surface area (Å²) < 4.78 is 2.44. The van der Waals surface area contributed by atoms with Crippen molar-refractivity contribution in [2.75, 3.05) is 41.6 Å². The lowest BCUT2D eigenvalue weighted by Gasteiger charge is -2.37. The van der Waals surface area contributed by atoms with Gasteiger partial charge in [-0.05, 0) is 102 Å². The van der Waals surface area contributed by atoms with Gasteiger partial charge in [0.05, 0.1) is 12.2 Å². The topological polar surface area (TPSA) is 26.8 Å². The van der Waals surface area contributed by atoms with Crippen LogP contribution in [0.1, 0.15) is 70.4 Å². The molecule has 2 aliphatic rings. The number of fused-ring (bicyclic) bond motifs is 3. The molecule has 0 unspecified atom stereocenters. The van der Waals surface area contributed by atoms with Crippen molar-refractivity contribution in [2.45, 2.75) is 60.4 Å². The number of piperazine rings is 1. The second kappa shape index (κ2) is 12.4. The number of amides is 1. The predicted octanol–water partition coefficient (Wildman–Crippen LogP) is 9.19. The Morgan fingerprint density at radius 2 is 1.52 bits per heavy atom. The number of benzene rings is 4. The first-order valence-corrected chi connectivity index (χ1v) is 17.2. The van der Waals surface area contributed by atoms with Gasteiger partial charge in [0.1, 0.15) is 0 Å². The molecule has 4 nitrogen and oxygen atoms in total. The minimum atomic E-state index is 0.134. The van der Waals surface area contributed by atoms with Crippen molar-refractivity contribution < 1.29 is 4.79 Å². The normalized spacial score (nSPS) is 14.6. The minimum Gasteiger partial charge on any atom is -0.368 e. The number of nitrogens with zero attached hydrogens (tertiary/aromatic N) is 3. The molecule has 0 atom stereocenters. The summed E-state index contributed by atoms with van der Waals surface area (Å²) in [5, 5.41) is 0. The maximum absolute atomic E-state index is 13.9. The highest BCUT2D eigenvalue weighted by Gasteiger charge is 2.31. The van der Waals surface area contributed by atoms with E-state index in [-0.39, 0.29) is 5.91 Å². The average Bonchev–Trinajstić information content (AvgIpc) is 3.05. The number of hydrogen-bond acceptors (Lipinski definition) is 4.